The quantitative estimate of drug-likeness (QED) is 0.543. The summed E-state index contributed by atoms with van der Waals surface area (Å²) in [5.41, 5.74) is 0.457. The first-order valence-corrected chi connectivity index (χ1v) is 8.25. The minimum Gasteiger partial charge on any atom is -0.466 e. The Morgan fingerprint density at radius 2 is 1.92 bits per heavy atom. The van der Waals surface area contributed by atoms with Gasteiger partial charge in [-0.05, 0) is 50.2 Å². The summed E-state index contributed by atoms with van der Waals surface area (Å²) >= 11 is 5.84. The first kappa shape index (κ1) is 18.8. The van der Waals surface area contributed by atoms with Crippen LogP contribution in [0, 0.1) is 24.2 Å². The third kappa shape index (κ3) is 4.71. The Hall–Kier alpha value is -2.58. The molecular formula is C19H18ClNO4. The predicted octanol–water partition coefficient (Wildman–Crippen LogP) is 4.30. The summed E-state index contributed by atoms with van der Waals surface area (Å²) in [7, 11) is 0. The van der Waals surface area contributed by atoms with Gasteiger partial charge in [-0.3, -0.25) is 9.59 Å². The van der Waals surface area contributed by atoms with Crippen molar-refractivity contribution in [2.75, 3.05) is 6.61 Å². The number of ether oxygens (including phenoxy) is 1. The second-order valence-electron chi connectivity index (χ2n) is 5.55. The van der Waals surface area contributed by atoms with Gasteiger partial charge in [0.05, 0.1) is 18.6 Å². The van der Waals surface area contributed by atoms with Crippen LogP contribution in [0.2, 0.25) is 5.02 Å². The maximum atomic E-state index is 12.6. The largest absolute Gasteiger partial charge is 0.466 e. The van der Waals surface area contributed by atoms with Crippen LogP contribution in [0.3, 0.4) is 0 Å². The minimum absolute atomic E-state index is 0.0500. The molecule has 2 atom stereocenters. The molecule has 1 aromatic carbocycles. The van der Waals surface area contributed by atoms with Crippen molar-refractivity contribution in [2.45, 2.75) is 26.2 Å². The highest BCUT2D eigenvalue weighted by molar-refractivity contribution is 6.30. The molecule has 1 heterocycles. The summed E-state index contributed by atoms with van der Waals surface area (Å²) < 4.78 is 10.6. The van der Waals surface area contributed by atoms with Gasteiger partial charge >= 0.3 is 5.97 Å². The second-order valence-corrected chi connectivity index (χ2v) is 5.98. The Morgan fingerprint density at radius 3 is 2.44 bits per heavy atom. The molecule has 0 aliphatic rings. The van der Waals surface area contributed by atoms with Gasteiger partial charge in [-0.25, -0.2) is 0 Å². The fraction of sp³-hybridized carbons (Fsp3) is 0.316. The number of nitrogens with zero attached hydrogens (tertiary/aromatic N) is 1. The summed E-state index contributed by atoms with van der Waals surface area (Å²) in [6.45, 7) is 3.58. The summed E-state index contributed by atoms with van der Waals surface area (Å²) in [6, 6.07) is 11.8. The summed E-state index contributed by atoms with van der Waals surface area (Å²) in [5.74, 6) is -1.66. The molecule has 0 aliphatic carbocycles. The minimum atomic E-state index is -1.12. The number of benzene rings is 1. The Balaban J connectivity index is 2.31. The number of furan rings is 1. The predicted molar refractivity (Wildman–Crippen MR) is 92.3 cm³/mol. The molecule has 5 nitrogen and oxygen atoms in total. The van der Waals surface area contributed by atoms with Gasteiger partial charge < -0.3 is 9.15 Å². The van der Waals surface area contributed by atoms with Gasteiger partial charge in [-0.2, -0.15) is 5.26 Å². The molecule has 0 saturated heterocycles. The molecule has 0 aliphatic heterocycles. The van der Waals surface area contributed by atoms with E-state index in [4.69, 9.17) is 20.8 Å². The molecule has 2 unspecified atom stereocenters. The van der Waals surface area contributed by atoms with E-state index in [1.807, 2.05) is 6.07 Å². The molecule has 25 heavy (non-hydrogen) atoms. The molecule has 1 aromatic heterocycles. The average Bonchev–Trinajstić information content (AvgIpc) is 3.01. The smallest absolute Gasteiger partial charge is 0.324 e. The summed E-state index contributed by atoms with van der Waals surface area (Å²) in [6.07, 6.45) is -0.0500. The molecule has 0 N–H and O–H groups in total. The van der Waals surface area contributed by atoms with Crippen LogP contribution in [0.25, 0.3) is 0 Å². The Bertz CT molecular complexity index is 789. The summed E-state index contributed by atoms with van der Waals surface area (Å²) in [4.78, 5) is 24.7. The van der Waals surface area contributed by atoms with Crippen molar-refractivity contribution in [3.05, 3.63) is 58.5 Å². The lowest BCUT2D eigenvalue weighted by atomic mass is 9.85. The van der Waals surface area contributed by atoms with Crippen LogP contribution in [0.4, 0.5) is 0 Å². The van der Waals surface area contributed by atoms with Gasteiger partial charge in [0, 0.05) is 17.0 Å². The number of ketones is 1. The molecule has 130 valence electrons. The van der Waals surface area contributed by atoms with Crippen LogP contribution < -0.4 is 0 Å². The maximum Gasteiger partial charge on any atom is 0.324 e. The molecule has 2 aromatic rings. The van der Waals surface area contributed by atoms with Gasteiger partial charge in [0.2, 0.25) is 0 Å². The van der Waals surface area contributed by atoms with Gasteiger partial charge in [0.1, 0.15) is 11.5 Å². The van der Waals surface area contributed by atoms with Crippen LogP contribution in [-0.4, -0.2) is 18.4 Å². The lowest BCUT2D eigenvalue weighted by molar-refractivity contribution is -0.146. The SMILES string of the molecule is CCOC(=O)C(C#N)C(CC(=O)c1ccc(Cl)cc1)c1ccc(C)o1. The van der Waals surface area contributed by atoms with E-state index in [9.17, 15) is 14.9 Å². The third-order valence-electron chi connectivity index (χ3n) is 3.78. The highest BCUT2D eigenvalue weighted by Gasteiger charge is 2.35. The van der Waals surface area contributed by atoms with E-state index in [0.29, 0.717) is 22.1 Å². The zero-order valence-electron chi connectivity index (χ0n) is 14.0. The third-order valence-corrected chi connectivity index (χ3v) is 4.03. The molecule has 0 saturated carbocycles. The van der Waals surface area contributed by atoms with Gasteiger partial charge in [-0.1, -0.05) is 11.6 Å². The van der Waals surface area contributed by atoms with E-state index in [1.54, 1.807) is 50.2 Å². The van der Waals surface area contributed by atoms with Crippen LogP contribution >= 0.6 is 11.6 Å². The van der Waals surface area contributed by atoms with Crippen molar-refractivity contribution in [3.8, 4) is 6.07 Å². The molecule has 0 fully saturated rings. The molecule has 0 amide bonds. The van der Waals surface area contributed by atoms with Gasteiger partial charge in [0.15, 0.2) is 11.7 Å². The van der Waals surface area contributed by atoms with E-state index < -0.39 is 17.8 Å². The Kier molecular flexibility index (Phi) is 6.37. The van der Waals surface area contributed by atoms with Gasteiger partial charge in [-0.15, -0.1) is 0 Å². The number of carbonyl (C=O) groups excluding carboxylic acids is 2. The Labute approximate surface area is 151 Å². The van der Waals surface area contributed by atoms with E-state index >= 15 is 0 Å². The maximum absolute atomic E-state index is 12.6. The molecule has 6 heteroatoms. The number of aryl methyl sites for hydroxylation is 1. The van der Waals surface area contributed by atoms with E-state index in [1.165, 1.54) is 0 Å². The van der Waals surface area contributed by atoms with Gasteiger partial charge in [0.25, 0.3) is 0 Å². The number of hydrogen-bond acceptors (Lipinski definition) is 5. The lowest BCUT2D eigenvalue weighted by Crippen LogP contribution is -2.25. The molecule has 0 radical (unpaired) electrons. The topological polar surface area (TPSA) is 80.3 Å². The fourth-order valence-electron chi connectivity index (χ4n) is 2.53. The van der Waals surface area contributed by atoms with Crippen molar-refractivity contribution in [3.63, 3.8) is 0 Å². The van der Waals surface area contributed by atoms with E-state index in [2.05, 4.69) is 0 Å². The summed E-state index contributed by atoms with van der Waals surface area (Å²) in [5, 5.41) is 9.98. The number of Topliss-reactive ketones (excluding diaryl/α,β-unsaturated/α-hetero) is 1. The number of esters is 1. The van der Waals surface area contributed by atoms with Crippen molar-refractivity contribution in [1.29, 1.82) is 5.26 Å². The molecule has 0 spiro atoms. The lowest BCUT2D eigenvalue weighted by Gasteiger charge is -2.18. The van der Waals surface area contributed by atoms with Crippen molar-refractivity contribution < 1.29 is 18.7 Å². The number of hydrogen-bond donors (Lipinski definition) is 0. The normalized spacial score (nSPS) is 12.9. The standard InChI is InChI=1S/C19H18ClNO4/c1-3-24-19(23)16(11-21)15(18-9-4-12(2)25-18)10-17(22)13-5-7-14(20)8-6-13/h4-9,15-16H,3,10H2,1-2H3. The van der Waals surface area contributed by atoms with E-state index in [0.717, 1.165) is 0 Å². The van der Waals surface area contributed by atoms with E-state index in [-0.39, 0.29) is 18.8 Å². The first-order valence-electron chi connectivity index (χ1n) is 7.87. The highest BCUT2D eigenvalue weighted by Crippen LogP contribution is 2.32. The number of rotatable bonds is 7. The fourth-order valence-corrected chi connectivity index (χ4v) is 2.65. The molecule has 2 rings (SSSR count). The number of nitriles is 1. The Morgan fingerprint density at radius 1 is 1.24 bits per heavy atom. The van der Waals surface area contributed by atoms with Crippen LogP contribution in [-0.2, 0) is 9.53 Å². The molecule has 0 bridgehead atoms. The first-order chi connectivity index (χ1) is 12.0. The monoisotopic (exact) mass is 359 g/mol. The number of carbonyl (C=O) groups is 2. The van der Waals surface area contributed by atoms with Crippen LogP contribution in [0.15, 0.2) is 40.8 Å². The van der Waals surface area contributed by atoms with Crippen molar-refractivity contribution in [1.82, 2.24) is 0 Å². The zero-order valence-corrected chi connectivity index (χ0v) is 14.7. The highest BCUT2D eigenvalue weighted by atomic mass is 35.5. The number of halogens is 1. The average molecular weight is 360 g/mol. The van der Waals surface area contributed by atoms with Crippen molar-refractivity contribution in [2.24, 2.45) is 5.92 Å². The van der Waals surface area contributed by atoms with Crippen LogP contribution in [0.1, 0.15) is 41.1 Å². The van der Waals surface area contributed by atoms with Crippen molar-refractivity contribution >= 4 is 23.4 Å². The van der Waals surface area contributed by atoms with Crippen LogP contribution in [0.5, 0.6) is 0 Å². The zero-order chi connectivity index (χ0) is 18.4. The molecular weight excluding hydrogens is 342 g/mol. The second kappa shape index (κ2) is 8.50.